The number of aliphatic hydroxyl groups is 1. The average molecular weight is 223 g/mol. The van der Waals surface area contributed by atoms with Crippen LogP contribution in [0.2, 0.25) is 10.0 Å². The molecule has 0 radical (unpaired) electrons. The van der Waals surface area contributed by atoms with E-state index >= 15 is 0 Å². The molecular weight excluding hydrogens is 207 g/mol. The van der Waals surface area contributed by atoms with E-state index in [1.807, 2.05) is 12.1 Å². The zero-order valence-electron chi connectivity index (χ0n) is 7.09. The largest absolute Gasteiger partial charge is 0.394 e. The molecule has 1 aromatic rings. The monoisotopic (exact) mass is 222 g/mol. The Kier molecular flexibility index (Phi) is 9.80. The first-order chi connectivity index (χ1) is 5.54. The standard InChI is InChI=1S/C6H4Cl2.C3H8O.CH4/c7-5-3-1-2-4-6(5)8;1-3(2)4;/h1-4H;3-4H,1-2H3;1H4. The molecule has 1 aromatic carbocycles. The van der Waals surface area contributed by atoms with Crippen molar-refractivity contribution in [3.05, 3.63) is 34.3 Å². The maximum Gasteiger partial charge on any atom is 0.0592 e. The van der Waals surface area contributed by atoms with Crippen LogP contribution in [-0.2, 0) is 0 Å². The number of halogens is 2. The Hall–Kier alpha value is -0.240. The van der Waals surface area contributed by atoms with E-state index in [1.54, 1.807) is 26.0 Å². The fraction of sp³-hybridized carbons (Fsp3) is 0.400. The summed E-state index contributed by atoms with van der Waals surface area (Å²) in [5.41, 5.74) is 0. The number of aliphatic hydroxyl groups excluding tert-OH is 1. The predicted molar refractivity (Wildman–Crippen MR) is 60.5 cm³/mol. The first kappa shape index (κ1) is 15.2. The van der Waals surface area contributed by atoms with Gasteiger partial charge in [-0.3, -0.25) is 0 Å². The Morgan fingerprint density at radius 2 is 1.31 bits per heavy atom. The van der Waals surface area contributed by atoms with Gasteiger partial charge in [-0.05, 0) is 26.0 Å². The highest BCUT2D eigenvalue weighted by Crippen LogP contribution is 2.19. The van der Waals surface area contributed by atoms with Crippen LogP contribution in [0.3, 0.4) is 0 Å². The van der Waals surface area contributed by atoms with Crippen LogP contribution in [0, 0.1) is 0 Å². The normalized spacial score (nSPS) is 8.46. The lowest BCUT2D eigenvalue weighted by molar-refractivity contribution is 0.216. The molecule has 0 aromatic heterocycles. The summed E-state index contributed by atoms with van der Waals surface area (Å²) in [6.07, 6.45) is -0.167. The van der Waals surface area contributed by atoms with Crippen LogP contribution in [0.1, 0.15) is 21.3 Å². The molecule has 1 rings (SSSR count). The summed E-state index contributed by atoms with van der Waals surface area (Å²) < 4.78 is 0. The first-order valence-electron chi connectivity index (χ1n) is 3.62. The Balaban J connectivity index is 0. The zero-order chi connectivity index (χ0) is 9.56. The molecule has 1 N–H and O–H groups in total. The van der Waals surface area contributed by atoms with E-state index in [0.717, 1.165) is 0 Å². The van der Waals surface area contributed by atoms with E-state index in [2.05, 4.69) is 0 Å². The van der Waals surface area contributed by atoms with Crippen molar-refractivity contribution in [2.75, 3.05) is 0 Å². The third kappa shape index (κ3) is 9.68. The van der Waals surface area contributed by atoms with Crippen molar-refractivity contribution in [2.45, 2.75) is 27.4 Å². The zero-order valence-corrected chi connectivity index (χ0v) is 8.60. The topological polar surface area (TPSA) is 20.2 Å². The Morgan fingerprint density at radius 3 is 1.46 bits per heavy atom. The summed E-state index contributed by atoms with van der Waals surface area (Å²) in [7, 11) is 0. The molecule has 76 valence electrons. The van der Waals surface area contributed by atoms with E-state index in [-0.39, 0.29) is 13.5 Å². The molecule has 13 heavy (non-hydrogen) atoms. The molecule has 0 amide bonds. The number of hydrogen-bond acceptors (Lipinski definition) is 1. The van der Waals surface area contributed by atoms with Crippen molar-refractivity contribution in [3.8, 4) is 0 Å². The minimum Gasteiger partial charge on any atom is -0.394 e. The van der Waals surface area contributed by atoms with Gasteiger partial charge in [-0.15, -0.1) is 0 Å². The van der Waals surface area contributed by atoms with E-state index in [0.29, 0.717) is 10.0 Å². The molecule has 0 heterocycles. The molecule has 0 saturated heterocycles. The van der Waals surface area contributed by atoms with Gasteiger partial charge >= 0.3 is 0 Å². The minimum absolute atomic E-state index is 0. The molecule has 3 heteroatoms. The highest BCUT2D eigenvalue weighted by molar-refractivity contribution is 6.41. The summed E-state index contributed by atoms with van der Waals surface area (Å²) in [6, 6.07) is 7.19. The molecule has 0 fully saturated rings. The third-order valence-corrected chi connectivity index (χ3v) is 1.58. The van der Waals surface area contributed by atoms with Gasteiger partial charge in [0.15, 0.2) is 0 Å². The fourth-order valence-corrected chi connectivity index (χ4v) is 0.711. The Bertz CT molecular complexity index is 200. The molecule has 1 nitrogen and oxygen atoms in total. The second-order valence-electron chi connectivity index (χ2n) is 2.51. The summed E-state index contributed by atoms with van der Waals surface area (Å²) >= 11 is 11.2. The van der Waals surface area contributed by atoms with E-state index in [9.17, 15) is 0 Å². The van der Waals surface area contributed by atoms with Gasteiger partial charge in [-0.1, -0.05) is 42.8 Å². The van der Waals surface area contributed by atoms with Gasteiger partial charge in [-0.2, -0.15) is 0 Å². The van der Waals surface area contributed by atoms with Gasteiger partial charge in [0.05, 0.1) is 10.0 Å². The second-order valence-corrected chi connectivity index (χ2v) is 3.32. The number of benzene rings is 1. The van der Waals surface area contributed by atoms with Gasteiger partial charge < -0.3 is 5.11 Å². The van der Waals surface area contributed by atoms with Gasteiger partial charge in [0, 0.05) is 6.10 Å². The van der Waals surface area contributed by atoms with Crippen LogP contribution in [0.5, 0.6) is 0 Å². The maximum absolute atomic E-state index is 8.06. The summed E-state index contributed by atoms with van der Waals surface area (Å²) in [5, 5.41) is 9.27. The molecular formula is C10H16Cl2O. The lowest BCUT2D eigenvalue weighted by atomic mass is 10.4. The van der Waals surface area contributed by atoms with Crippen molar-refractivity contribution in [3.63, 3.8) is 0 Å². The van der Waals surface area contributed by atoms with Crippen molar-refractivity contribution in [1.29, 1.82) is 0 Å². The quantitative estimate of drug-likeness (QED) is 0.704. The predicted octanol–water partition coefficient (Wildman–Crippen LogP) is 4.02. The molecule has 0 unspecified atom stereocenters. The van der Waals surface area contributed by atoms with Crippen LogP contribution in [0.15, 0.2) is 24.3 Å². The lowest BCUT2D eigenvalue weighted by Gasteiger charge is -1.88. The van der Waals surface area contributed by atoms with Crippen LogP contribution >= 0.6 is 23.2 Å². The molecule has 0 aliphatic carbocycles. The lowest BCUT2D eigenvalue weighted by Crippen LogP contribution is -1.85. The summed E-state index contributed by atoms with van der Waals surface area (Å²) in [6.45, 7) is 3.44. The minimum atomic E-state index is -0.167. The van der Waals surface area contributed by atoms with Crippen LogP contribution < -0.4 is 0 Å². The smallest absolute Gasteiger partial charge is 0.0592 e. The van der Waals surface area contributed by atoms with Crippen molar-refractivity contribution < 1.29 is 5.11 Å². The highest BCUT2D eigenvalue weighted by Gasteiger charge is 1.89. The molecule has 0 spiro atoms. The van der Waals surface area contributed by atoms with E-state index in [4.69, 9.17) is 28.3 Å². The second kappa shape index (κ2) is 8.36. The van der Waals surface area contributed by atoms with Crippen molar-refractivity contribution >= 4 is 23.2 Å². The highest BCUT2D eigenvalue weighted by atomic mass is 35.5. The van der Waals surface area contributed by atoms with Crippen LogP contribution in [-0.4, -0.2) is 11.2 Å². The van der Waals surface area contributed by atoms with Gasteiger partial charge in [0.25, 0.3) is 0 Å². The summed E-state index contributed by atoms with van der Waals surface area (Å²) in [5.74, 6) is 0. The third-order valence-electron chi connectivity index (χ3n) is 0.824. The van der Waals surface area contributed by atoms with Gasteiger partial charge in [0.2, 0.25) is 0 Å². The van der Waals surface area contributed by atoms with E-state index in [1.165, 1.54) is 0 Å². The van der Waals surface area contributed by atoms with Crippen LogP contribution in [0.25, 0.3) is 0 Å². The molecule has 0 saturated carbocycles. The van der Waals surface area contributed by atoms with Gasteiger partial charge in [-0.25, -0.2) is 0 Å². The van der Waals surface area contributed by atoms with Crippen LogP contribution in [0.4, 0.5) is 0 Å². The number of hydrogen-bond donors (Lipinski definition) is 1. The average Bonchev–Trinajstić information content (AvgIpc) is 1.94. The molecule has 0 bridgehead atoms. The van der Waals surface area contributed by atoms with Crippen molar-refractivity contribution in [1.82, 2.24) is 0 Å². The van der Waals surface area contributed by atoms with Gasteiger partial charge in [0.1, 0.15) is 0 Å². The first-order valence-corrected chi connectivity index (χ1v) is 4.37. The molecule has 0 aliphatic heterocycles. The molecule has 0 atom stereocenters. The maximum atomic E-state index is 8.06. The Labute approximate surface area is 90.3 Å². The molecule has 0 aliphatic rings. The number of rotatable bonds is 0. The SMILES string of the molecule is C.CC(C)O.Clc1ccccc1Cl. The fourth-order valence-electron chi connectivity index (χ4n) is 0.439. The van der Waals surface area contributed by atoms with Crippen molar-refractivity contribution in [2.24, 2.45) is 0 Å². The Morgan fingerprint density at radius 1 is 1.08 bits per heavy atom. The summed E-state index contributed by atoms with van der Waals surface area (Å²) in [4.78, 5) is 0. The van der Waals surface area contributed by atoms with E-state index < -0.39 is 0 Å².